The van der Waals surface area contributed by atoms with Gasteiger partial charge in [0.25, 0.3) is 5.91 Å². The highest BCUT2D eigenvalue weighted by atomic mass is 28.3. The van der Waals surface area contributed by atoms with E-state index in [9.17, 15) is 9.59 Å². The maximum absolute atomic E-state index is 14.7. The minimum atomic E-state index is -2.33. The fraction of sp³-hybridized carbons (Fsp3) is 0.286. The van der Waals surface area contributed by atoms with E-state index in [4.69, 9.17) is 0 Å². The molecule has 0 saturated carbocycles. The third kappa shape index (κ3) is 3.61. The quantitative estimate of drug-likeness (QED) is 0.291. The van der Waals surface area contributed by atoms with Crippen molar-refractivity contribution in [1.82, 2.24) is 9.47 Å². The lowest BCUT2D eigenvalue weighted by atomic mass is 9.81. The van der Waals surface area contributed by atoms with E-state index in [2.05, 4.69) is 20.8 Å². The van der Waals surface area contributed by atoms with E-state index in [-0.39, 0.29) is 11.9 Å². The lowest BCUT2D eigenvalue weighted by molar-refractivity contribution is -0.129. The first-order valence-electron chi connectivity index (χ1n) is 11.9. The van der Waals surface area contributed by atoms with E-state index in [1.54, 1.807) is 4.57 Å². The number of benzene rings is 3. The molecule has 0 atom stereocenters. The van der Waals surface area contributed by atoms with Crippen LogP contribution in [0.4, 0.5) is 4.79 Å². The Hall–Kier alpha value is -3.18. The number of rotatable bonds is 8. The van der Waals surface area contributed by atoms with Crippen molar-refractivity contribution >= 4 is 20.2 Å². The molecule has 1 saturated heterocycles. The Bertz CT molecular complexity index is 1050. The third-order valence-corrected chi connectivity index (χ3v) is 12.6. The van der Waals surface area contributed by atoms with Gasteiger partial charge in [0.05, 0.1) is 0 Å². The molecule has 0 unspecified atom stereocenters. The zero-order valence-electron chi connectivity index (χ0n) is 19.7. The maximum Gasteiger partial charge on any atom is 0.320 e. The van der Waals surface area contributed by atoms with Crippen LogP contribution < -0.4 is 0 Å². The average molecular weight is 457 g/mol. The van der Waals surface area contributed by atoms with Gasteiger partial charge in [-0.25, -0.2) is 4.79 Å². The van der Waals surface area contributed by atoms with Gasteiger partial charge in [-0.15, -0.1) is 0 Å². The maximum atomic E-state index is 14.7. The van der Waals surface area contributed by atoms with Gasteiger partial charge in [0.15, 0.2) is 13.8 Å². The van der Waals surface area contributed by atoms with Gasteiger partial charge in [0, 0.05) is 6.54 Å². The molecule has 1 aliphatic rings. The van der Waals surface area contributed by atoms with Gasteiger partial charge in [-0.1, -0.05) is 112 Å². The number of hydrogen-bond donors (Lipinski definition) is 0. The molecule has 3 aromatic carbocycles. The van der Waals surface area contributed by atoms with Crippen molar-refractivity contribution < 1.29 is 9.59 Å². The predicted molar refractivity (Wildman–Crippen MR) is 135 cm³/mol. The first-order valence-corrected chi connectivity index (χ1v) is 14.4. The normalized spacial score (nSPS) is 15.8. The van der Waals surface area contributed by atoms with Crippen LogP contribution in [0.15, 0.2) is 91.0 Å². The molecule has 3 amide bonds. The zero-order chi connectivity index (χ0) is 23.5. The summed E-state index contributed by atoms with van der Waals surface area (Å²) < 4.78 is 1.72. The lowest BCUT2D eigenvalue weighted by Crippen LogP contribution is -2.56. The highest BCUT2D eigenvalue weighted by molar-refractivity contribution is 6.81. The molecule has 170 valence electrons. The van der Waals surface area contributed by atoms with Crippen LogP contribution in [0.2, 0.25) is 18.1 Å². The van der Waals surface area contributed by atoms with E-state index < -0.39 is 13.8 Å². The lowest BCUT2D eigenvalue weighted by Gasteiger charge is -2.37. The van der Waals surface area contributed by atoms with Crippen LogP contribution in [-0.2, 0) is 16.9 Å². The molecule has 4 nitrogen and oxygen atoms in total. The number of carbonyl (C=O) groups excluding carboxylic acids is 2. The van der Waals surface area contributed by atoms with Gasteiger partial charge < -0.3 is 0 Å². The van der Waals surface area contributed by atoms with Crippen LogP contribution >= 0.6 is 0 Å². The molecule has 0 aliphatic carbocycles. The standard InChI is InChI=1S/C28H32N2O2Si/c1-4-33(5-2,6-3)30-26(31)28(24-18-12-8-13-19-24,25-20-14-9-15-21-25)29(27(30)32)22-23-16-10-7-11-17-23/h7-21H,4-6,22H2,1-3H3. The monoisotopic (exact) mass is 456 g/mol. The molecule has 0 spiro atoms. The largest absolute Gasteiger partial charge is 0.320 e. The number of carbonyl (C=O) groups is 2. The minimum absolute atomic E-state index is 0.0990. The van der Waals surface area contributed by atoms with Crippen LogP contribution in [-0.4, -0.2) is 29.6 Å². The van der Waals surface area contributed by atoms with Gasteiger partial charge in [-0.2, -0.15) is 0 Å². The molecule has 0 N–H and O–H groups in total. The number of amides is 3. The number of urea groups is 1. The summed E-state index contributed by atoms with van der Waals surface area (Å²) in [5.74, 6) is -0.0990. The summed E-state index contributed by atoms with van der Waals surface area (Å²) in [6.45, 7) is 6.76. The summed E-state index contributed by atoms with van der Waals surface area (Å²) in [5, 5.41) is 0. The van der Waals surface area contributed by atoms with E-state index in [1.165, 1.54) is 0 Å². The molecule has 33 heavy (non-hydrogen) atoms. The second-order valence-corrected chi connectivity index (χ2v) is 13.7. The number of nitrogens with zero attached hydrogens (tertiary/aromatic N) is 2. The van der Waals surface area contributed by atoms with Crippen LogP contribution in [0, 0.1) is 0 Å². The Morgan fingerprint density at radius 2 is 1.09 bits per heavy atom. The van der Waals surface area contributed by atoms with Gasteiger partial charge in [0.2, 0.25) is 0 Å². The van der Waals surface area contributed by atoms with Crippen LogP contribution in [0.25, 0.3) is 0 Å². The molecule has 0 bridgehead atoms. The minimum Gasteiger partial charge on any atom is -0.298 e. The Kier molecular flexibility index (Phi) is 6.52. The van der Waals surface area contributed by atoms with Gasteiger partial charge >= 0.3 is 6.03 Å². The van der Waals surface area contributed by atoms with Crippen LogP contribution in [0.3, 0.4) is 0 Å². The smallest absolute Gasteiger partial charge is 0.298 e. The molecule has 3 aromatic rings. The number of hydrogen-bond acceptors (Lipinski definition) is 2. The van der Waals surface area contributed by atoms with Gasteiger partial charge in [-0.05, 0) is 34.8 Å². The molecule has 1 aliphatic heterocycles. The Balaban J connectivity index is 2.01. The zero-order valence-corrected chi connectivity index (χ0v) is 20.7. The summed E-state index contributed by atoms with van der Waals surface area (Å²) in [7, 11) is -2.33. The van der Waals surface area contributed by atoms with E-state index >= 15 is 0 Å². The predicted octanol–water partition coefficient (Wildman–Crippen LogP) is 6.40. The Morgan fingerprint density at radius 1 is 0.667 bits per heavy atom. The fourth-order valence-electron chi connectivity index (χ4n) is 5.31. The molecular formula is C28H32N2O2Si. The van der Waals surface area contributed by atoms with Crippen LogP contribution in [0.1, 0.15) is 37.5 Å². The highest BCUT2D eigenvalue weighted by Crippen LogP contribution is 2.47. The SMILES string of the molecule is CC[Si](CC)(CC)N1C(=O)N(Cc2ccccc2)C(c2ccccc2)(c2ccccc2)C1=O. The Labute approximate surface area is 197 Å². The van der Waals surface area contributed by atoms with Crippen molar-refractivity contribution in [2.45, 2.75) is 51.0 Å². The topological polar surface area (TPSA) is 40.6 Å². The fourth-order valence-corrected chi connectivity index (χ4v) is 8.87. The molecular weight excluding hydrogens is 424 g/mol. The molecule has 1 heterocycles. The van der Waals surface area contributed by atoms with Crippen molar-refractivity contribution in [1.29, 1.82) is 0 Å². The van der Waals surface area contributed by atoms with E-state index in [1.807, 2.05) is 95.9 Å². The van der Waals surface area contributed by atoms with Crippen molar-refractivity contribution in [3.63, 3.8) is 0 Å². The Morgan fingerprint density at radius 3 is 1.52 bits per heavy atom. The van der Waals surface area contributed by atoms with E-state index in [0.717, 1.165) is 34.8 Å². The molecule has 1 fully saturated rings. The summed E-state index contributed by atoms with van der Waals surface area (Å²) >= 11 is 0. The first kappa shape index (κ1) is 23.0. The van der Waals surface area contributed by atoms with Crippen molar-refractivity contribution in [3.8, 4) is 0 Å². The second kappa shape index (κ2) is 9.36. The van der Waals surface area contributed by atoms with E-state index in [0.29, 0.717) is 6.54 Å². The summed E-state index contributed by atoms with van der Waals surface area (Å²) in [6, 6.07) is 32.0. The summed E-state index contributed by atoms with van der Waals surface area (Å²) in [6.07, 6.45) is 0. The number of imide groups is 1. The van der Waals surface area contributed by atoms with Crippen molar-refractivity contribution in [2.24, 2.45) is 0 Å². The van der Waals surface area contributed by atoms with Gasteiger partial charge in [0.1, 0.15) is 0 Å². The summed E-state index contributed by atoms with van der Waals surface area (Å²) in [5.41, 5.74) is 1.49. The average Bonchev–Trinajstić information content (AvgIpc) is 3.10. The molecule has 4 rings (SSSR count). The van der Waals surface area contributed by atoms with Crippen molar-refractivity contribution in [3.05, 3.63) is 108 Å². The molecule has 5 heteroatoms. The molecule has 0 aromatic heterocycles. The van der Waals surface area contributed by atoms with Gasteiger partial charge in [-0.3, -0.25) is 14.3 Å². The highest BCUT2D eigenvalue weighted by Gasteiger charge is 2.63. The third-order valence-electron chi connectivity index (χ3n) is 7.35. The first-order chi connectivity index (χ1) is 16.0. The van der Waals surface area contributed by atoms with Crippen molar-refractivity contribution in [2.75, 3.05) is 0 Å². The molecule has 0 radical (unpaired) electrons. The second-order valence-electron chi connectivity index (χ2n) is 8.72. The van der Waals surface area contributed by atoms with Crippen LogP contribution in [0.5, 0.6) is 0 Å². The summed E-state index contributed by atoms with van der Waals surface area (Å²) in [4.78, 5) is 30.8.